The van der Waals surface area contributed by atoms with Crippen molar-refractivity contribution in [1.82, 2.24) is 10.3 Å². The van der Waals surface area contributed by atoms with Gasteiger partial charge >= 0.3 is 0 Å². The average Bonchev–Trinajstić information content (AvgIpc) is 2.16. The molecule has 4 heteroatoms. The molecule has 0 saturated carbocycles. The lowest BCUT2D eigenvalue weighted by Crippen LogP contribution is -2.39. The molecular weight excluding hydrogens is 202 g/mol. The number of rotatable bonds is 4. The van der Waals surface area contributed by atoms with Crippen LogP contribution in [0.15, 0.2) is 24.5 Å². The molecule has 1 rings (SSSR count). The quantitative estimate of drug-likeness (QED) is 0.807. The van der Waals surface area contributed by atoms with Gasteiger partial charge in [-0.25, -0.2) is 0 Å². The van der Waals surface area contributed by atoms with Crippen LogP contribution < -0.4 is 11.1 Å². The summed E-state index contributed by atoms with van der Waals surface area (Å²) in [4.78, 5) is 15.6. The van der Waals surface area contributed by atoms with Crippen molar-refractivity contribution >= 4 is 5.91 Å². The summed E-state index contributed by atoms with van der Waals surface area (Å²) in [7, 11) is 0. The van der Waals surface area contributed by atoms with Gasteiger partial charge in [-0.3, -0.25) is 9.78 Å². The van der Waals surface area contributed by atoms with Crippen LogP contribution in [0.1, 0.15) is 38.8 Å². The number of pyridine rings is 1. The molecule has 1 aromatic heterocycles. The highest BCUT2D eigenvalue weighted by molar-refractivity contribution is 5.77. The Labute approximate surface area is 96.3 Å². The lowest BCUT2D eigenvalue weighted by Gasteiger charge is -2.20. The van der Waals surface area contributed by atoms with E-state index < -0.39 is 5.54 Å². The zero-order valence-electron chi connectivity index (χ0n) is 10.0. The molecule has 88 valence electrons. The van der Waals surface area contributed by atoms with E-state index in [4.69, 9.17) is 5.73 Å². The van der Waals surface area contributed by atoms with Gasteiger partial charge in [-0.2, -0.15) is 0 Å². The molecule has 0 spiro atoms. The fraction of sp³-hybridized carbons (Fsp3) is 0.500. The van der Waals surface area contributed by atoms with E-state index >= 15 is 0 Å². The smallest absolute Gasteiger partial charge is 0.222 e. The molecule has 3 N–H and O–H groups in total. The van der Waals surface area contributed by atoms with Gasteiger partial charge in [0, 0.05) is 24.4 Å². The van der Waals surface area contributed by atoms with Crippen molar-refractivity contribution in [3.8, 4) is 0 Å². The van der Waals surface area contributed by atoms with Gasteiger partial charge in [0.2, 0.25) is 5.91 Å². The topological polar surface area (TPSA) is 68.0 Å². The third-order valence-corrected chi connectivity index (χ3v) is 2.18. The van der Waals surface area contributed by atoms with Gasteiger partial charge in [0.15, 0.2) is 0 Å². The Morgan fingerprint density at radius 2 is 2.31 bits per heavy atom. The largest absolute Gasteiger partial charge is 0.349 e. The minimum atomic E-state index is -0.473. The molecule has 0 aliphatic rings. The SMILES string of the molecule is C[C@@H](NC(=O)CC(C)(C)N)c1cccnc1. The fourth-order valence-electron chi connectivity index (χ4n) is 1.42. The molecule has 4 nitrogen and oxygen atoms in total. The van der Waals surface area contributed by atoms with Gasteiger partial charge in [0.25, 0.3) is 0 Å². The number of nitrogens with zero attached hydrogens (tertiary/aromatic N) is 1. The summed E-state index contributed by atoms with van der Waals surface area (Å²) in [6, 6.07) is 3.75. The minimum Gasteiger partial charge on any atom is -0.349 e. The molecule has 1 amide bonds. The molecule has 0 aromatic carbocycles. The first kappa shape index (κ1) is 12.6. The standard InChI is InChI=1S/C12H19N3O/c1-9(10-5-4-6-14-8-10)15-11(16)7-12(2,3)13/h4-6,8-9H,7,13H2,1-3H3,(H,15,16)/t9-/m1/s1. The van der Waals surface area contributed by atoms with Crippen molar-refractivity contribution in [3.63, 3.8) is 0 Å². The molecule has 0 unspecified atom stereocenters. The van der Waals surface area contributed by atoms with Crippen LogP contribution in [0.4, 0.5) is 0 Å². The number of amides is 1. The van der Waals surface area contributed by atoms with Crippen LogP contribution in [0.25, 0.3) is 0 Å². The molecule has 0 saturated heterocycles. The molecule has 0 bridgehead atoms. The lowest BCUT2D eigenvalue weighted by molar-refractivity contribution is -0.122. The maximum absolute atomic E-state index is 11.6. The van der Waals surface area contributed by atoms with Crippen LogP contribution in [0.2, 0.25) is 0 Å². The molecule has 1 aromatic rings. The van der Waals surface area contributed by atoms with E-state index in [-0.39, 0.29) is 11.9 Å². The minimum absolute atomic E-state index is 0.0381. The molecule has 1 atom stereocenters. The van der Waals surface area contributed by atoms with E-state index in [1.165, 1.54) is 0 Å². The maximum atomic E-state index is 11.6. The summed E-state index contributed by atoms with van der Waals surface area (Å²) in [5.41, 5.74) is 6.30. The van der Waals surface area contributed by atoms with E-state index in [2.05, 4.69) is 10.3 Å². The number of hydrogen-bond donors (Lipinski definition) is 2. The third-order valence-electron chi connectivity index (χ3n) is 2.18. The monoisotopic (exact) mass is 221 g/mol. The number of aromatic nitrogens is 1. The number of carbonyl (C=O) groups is 1. The Bertz CT molecular complexity index is 343. The van der Waals surface area contributed by atoms with Crippen molar-refractivity contribution < 1.29 is 4.79 Å². The zero-order chi connectivity index (χ0) is 12.2. The highest BCUT2D eigenvalue weighted by Crippen LogP contribution is 2.11. The predicted octanol–water partition coefficient (Wildman–Crippen LogP) is 1.39. The highest BCUT2D eigenvalue weighted by atomic mass is 16.1. The average molecular weight is 221 g/mol. The van der Waals surface area contributed by atoms with Crippen LogP contribution in [-0.2, 0) is 4.79 Å². The van der Waals surface area contributed by atoms with Crippen molar-refractivity contribution in [3.05, 3.63) is 30.1 Å². The number of nitrogens with one attached hydrogen (secondary N) is 1. The summed E-state index contributed by atoms with van der Waals surface area (Å²) in [6.45, 7) is 5.60. The molecule has 16 heavy (non-hydrogen) atoms. The van der Waals surface area contributed by atoms with Crippen molar-refractivity contribution in [2.45, 2.75) is 38.8 Å². The van der Waals surface area contributed by atoms with E-state index in [0.717, 1.165) is 5.56 Å². The summed E-state index contributed by atoms with van der Waals surface area (Å²) < 4.78 is 0. The van der Waals surface area contributed by atoms with E-state index in [1.807, 2.05) is 32.9 Å². The Kier molecular flexibility index (Phi) is 4.01. The Morgan fingerprint density at radius 3 is 2.81 bits per heavy atom. The first-order valence-corrected chi connectivity index (χ1v) is 5.37. The second-order valence-electron chi connectivity index (χ2n) is 4.74. The van der Waals surface area contributed by atoms with Crippen molar-refractivity contribution in [2.75, 3.05) is 0 Å². The second kappa shape index (κ2) is 5.07. The molecule has 0 fully saturated rings. The first-order chi connectivity index (χ1) is 7.38. The maximum Gasteiger partial charge on any atom is 0.222 e. The van der Waals surface area contributed by atoms with Crippen LogP contribution in [-0.4, -0.2) is 16.4 Å². The fourth-order valence-corrected chi connectivity index (χ4v) is 1.42. The van der Waals surface area contributed by atoms with Gasteiger partial charge < -0.3 is 11.1 Å². The molecule has 1 heterocycles. The number of carbonyl (C=O) groups excluding carboxylic acids is 1. The Hall–Kier alpha value is -1.42. The van der Waals surface area contributed by atoms with Gasteiger partial charge in [0.05, 0.1) is 6.04 Å². The number of nitrogens with two attached hydrogens (primary N) is 1. The van der Waals surface area contributed by atoms with Crippen LogP contribution >= 0.6 is 0 Å². The third kappa shape index (κ3) is 4.40. The van der Waals surface area contributed by atoms with E-state index in [1.54, 1.807) is 12.4 Å². The van der Waals surface area contributed by atoms with Crippen LogP contribution in [0.5, 0.6) is 0 Å². The first-order valence-electron chi connectivity index (χ1n) is 5.37. The molecule has 0 radical (unpaired) electrons. The van der Waals surface area contributed by atoms with Gasteiger partial charge in [0.1, 0.15) is 0 Å². The van der Waals surface area contributed by atoms with Crippen molar-refractivity contribution in [1.29, 1.82) is 0 Å². The zero-order valence-corrected chi connectivity index (χ0v) is 10.0. The summed E-state index contributed by atoms with van der Waals surface area (Å²) in [5, 5.41) is 2.89. The summed E-state index contributed by atoms with van der Waals surface area (Å²) in [5.74, 6) is -0.0381. The Morgan fingerprint density at radius 1 is 1.62 bits per heavy atom. The van der Waals surface area contributed by atoms with E-state index in [0.29, 0.717) is 6.42 Å². The van der Waals surface area contributed by atoms with Crippen molar-refractivity contribution in [2.24, 2.45) is 5.73 Å². The van der Waals surface area contributed by atoms with Gasteiger partial charge in [-0.1, -0.05) is 6.07 Å². The molecule has 0 aliphatic heterocycles. The van der Waals surface area contributed by atoms with Gasteiger partial charge in [-0.05, 0) is 32.4 Å². The van der Waals surface area contributed by atoms with Crippen LogP contribution in [0, 0.1) is 0 Å². The lowest BCUT2D eigenvalue weighted by atomic mass is 10.0. The number of hydrogen-bond acceptors (Lipinski definition) is 3. The Balaban J connectivity index is 2.52. The summed E-state index contributed by atoms with van der Waals surface area (Å²) >= 11 is 0. The summed E-state index contributed by atoms with van der Waals surface area (Å²) in [6.07, 6.45) is 3.77. The van der Waals surface area contributed by atoms with Gasteiger partial charge in [-0.15, -0.1) is 0 Å². The normalized spacial score (nSPS) is 13.2. The second-order valence-corrected chi connectivity index (χ2v) is 4.74. The highest BCUT2D eigenvalue weighted by Gasteiger charge is 2.18. The van der Waals surface area contributed by atoms with Crippen LogP contribution in [0.3, 0.4) is 0 Å². The molecular formula is C12H19N3O. The molecule has 0 aliphatic carbocycles. The van der Waals surface area contributed by atoms with E-state index in [9.17, 15) is 4.79 Å². The predicted molar refractivity (Wildman–Crippen MR) is 63.7 cm³/mol.